The van der Waals surface area contributed by atoms with Crippen molar-refractivity contribution >= 4 is 0 Å². The second-order valence-electron chi connectivity index (χ2n) is 4.63. The Hall–Kier alpha value is -0.900. The number of hydrogen-bond donors (Lipinski definition) is 1. The summed E-state index contributed by atoms with van der Waals surface area (Å²) in [7, 11) is 1.92. The lowest BCUT2D eigenvalue weighted by Gasteiger charge is -1.96. The van der Waals surface area contributed by atoms with Gasteiger partial charge in [0.1, 0.15) is 0 Å². The summed E-state index contributed by atoms with van der Waals surface area (Å²) in [5, 5.41) is 11.2. The second-order valence-corrected chi connectivity index (χ2v) is 4.63. The lowest BCUT2D eigenvalue weighted by molar-refractivity contribution is 0.430. The second kappa shape index (κ2) is 3.35. The molecule has 2 rings (SSSR count). The van der Waals surface area contributed by atoms with Crippen molar-refractivity contribution in [2.45, 2.75) is 32.6 Å². The molecule has 0 radical (unpaired) electrons. The highest BCUT2D eigenvalue weighted by Gasteiger charge is 2.50. The van der Waals surface area contributed by atoms with E-state index >= 15 is 0 Å². The average molecular weight is 195 g/mol. The Morgan fingerprint density at radius 3 is 2.79 bits per heavy atom. The van der Waals surface area contributed by atoms with Gasteiger partial charge in [0.25, 0.3) is 0 Å². The first-order valence-electron chi connectivity index (χ1n) is 5.10. The molecule has 1 heterocycles. The Balaban J connectivity index is 1.97. The van der Waals surface area contributed by atoms with Gasteiger partial charge in [-0.15, -0.1) is 10.2 Å². The fourth-order valence-corrected chi connectivity index (χ4v) is 1.63. The molecule has 1 aromatic rings. The Morgan fingerprint density at radius 2 is 2.21 bits per heavy atom. The van der Waals surface area contributed by atoms with Crippen LogP contribution in [0.15, 0.2) is 4.42 Å². The fourth-order valence-electron chi connectivity index (χ4n) is 1.63. The first kappa shape index (κ1) is 9.65. The zero-order chi connectivity index (χ0) is 10.2. The van der Waals surface area contributed by atoms with Gasteiger partial charge in [0.2, 0.25) is 11.8 Å². The molecule has 1 saturated carbocycles. The predicted octanol–water partition coefficient (Wildman–Crippen LogP) is 1.34. The highest BCUT2D eigenvalue weighted by Crippen LogP contribution is 2.57. The molecule has 1 unspecified atom stereocenters. The average Bonchev–Trinajstić information content (AvgIpc) is 2.63. The van der Waals surface area contributed by atoms with E-state index in [1.54, 1.807) is 0 Å². The molecular weight excluding hydrogens is 178 g/mol. The minimum absolute atomic E-state index is 0.368. The number of aromatic nitrogens is 2. The monoisotopic (exact) mass is 195 g/mol. The Morgan fingerprint density at radius 1 is 1.50 bits per heavy atom. The summed E-state index contributed by atoms with van der Waals surface area (Å²) in [5.41, 5.74) is 0.368. The van der Waals surface area contributed by atoms with Gasteiger partial charge < -0.3 is 9.73 Å². The highest BCUT2D eigenvalue weighted by molar-refractivity contribution is 5.12. The molecule has 0 aromatic carbocycles. The summed E-state index contributed by atoms with van der Waals surface area (Å²) in [6, 6.07) is 0. The van der Waals surface area contributed by atoms with Gasteiger partial charge >= 0.3 is 0 Å². The Bertz CT molecular complexity index is 319. The Labute approximate surface area is 84.1 Å². The fraction of sp³-hybridized carbons (Fsp3) is 0.800. The maximum absolute atomic E-state index is 5.58. The van der Waals surface area contributed by atoms with Crippen LogP contribution in [-0.4, -0.2) is 23.8 Å². The first-order valence-corrected chi connectivity index (χ1v) is 5.10. The van der Waals surface area contributed by atoms with Crippen LogP contribution in [0.1, 0.15) is 38.0 Å². The van der Waals surface area contributed by atoms with Gasteiger partial charge in [0.15, 0.2) is 0 Å². The molecule has 14 heavy (non-hydrogen) atoms. The summed E-state index contributed by atoms with van der Waals surface area (Å²) >= 11 is 0. The third-order valence-electron chi connectivity index (χ3n) is 2.88. The van der Waals surface area contributed by atoms with E-state index in [9.17, 15) is 0 Å². The van der Waals surface area contributed by atoms with Crippen molar-refractivity contribution in [2.75, 3.05) is 13.6 Å². The van der Waals surface area contributed by atoms with Crippen molar-refractivity contribution in [3.63, 3.8) is 0 Å². The van der Waals surface area contributed by atoms with Crippen LogP contribution in [0.4, 0.5) is 0 Å². The highest BCUT2D eigenvalue weighted by atomic mass is 16.4. The van der Waals surface area contributed by atoms with Crippen LogP contribution in [0.3, 0.4) is 0 Å². The molecular formula is C10H17N3O. The van der Waals surface area contributed by atoms with Crippen molar-refractivity contribution in [1.29, 1.82) is 0 Å². The van der Waals surface area contributed by atoms with Crippen molar-refractivity contribution in [3.8, 4) is 0 Å². The summed E-state index contributed by atoms with van der Waals surface area (Å²) < 4.78 is 5.58. The van der Waals surface area contributed by atoms with E-state index in [1.807, 2.05) is 7.05 Å². The SMILES string of the molecule is CNCCc1nnc(C2CC2(C)C)o1. The molecule has 78 valence electrons. The van der Waals surface area contributed by atoms with Gasteiger partial charge in [0.05, 0.1) is 0 Å². The van der Waals surface area contributed by atoms with Gasteiger partial charge in [-0.2, -0.15) is 0 Å². The number of hydrogen-bond acceptors (Lipinski definition) is 4. The Kier molecular flexibility index (Phi) is 2.31. The maximum atomic E-state index is 5.58. The molecule has 4 heteroatoms. The van der Waals surface area contributed by atoms with Gasteiger partial charge in [-0.05, 0) is 18.9 Å². The summed E-state index contributed by atoms with van der Waals surface area (Å²) in [6.45, 7) is 5.35. The van der Waals surface area contributed by atoms with Gasteiger partial charge in [-0.3, -0.25) is 0 Å². The molecule has 1 aliphatic carbocycles. The normalized spacial score (nSPS) is 23.8. The molecule has 0 aliphatic heterocycles. The molecule has 0 saturated heterocycles. The van der Waals surface area contributed by atoms with E-state index in [-0.39, 0.29) is 0 Å². The van der Waals surface area contributed by atoms with Gasteiger partial charge in [-0.25, -0.2) is 0 Å². The molecule has 0 amide bonds. The number of nitrogens with zero attached hydrogens (tertiary/aromatic N) is 2. The summed E-state index contributed by atoms with van der Waals surface area (Å²) in [6.07, 6.45) is 1.98. The number of rotatable bonds is 4. The van der Waals surface area contributed by atoms with Crippen molar-refractivity contribution in [3.05, 3.63) is 11.8 Å². The third-order valence-corrected chi connectivity index (χ3v) is 2.88. The minimum Gasteiger partial charge on any atom is -0.425 e. The van der Waals surface area contributed by atoms with E-state index in [0.29, 0.717) is 11.3 Å². The maximum Gasteiger partial charge on any atom is 0.220 e. The third kappa shape index (κ3) is 1.80. The molecule has 1 aromatic heterocycles. The lowest BCUT2D eigenvalue weighted by Crippen LogP contribution is -2.10. The standard InChI is InChI=1S/C10H17N3O/c1-10(2)6-7(10)9-13-12-8(14-9)4-5-11-3/h7,11H,4-6H2,1-3H3. The topological polar surface area (TPSA) is 51.0 Å². The lowest BCUT2D eigenvalue weighted by atomic mass is 10.1. The summed E-state index contributed by atoms with van der Waals surface area (Å²) in [5.74, 6) is 2.05. The summed E-state index contributed by atoms with van der Waals surface area (Å²) in [4.78, 5) is 0. The quantitative estimate of drug-likeness (QED) is 0.787. The molecule has 0 spiro atoms. The first-order chi connectivity index (χ1) is 6.63. The minimum atomic E-state index is 0.368. The van der Waals surface area contributed by atoms with Crippen LogP contribution in [0.5, 0.6) is 0 Å². The van der Waals surface area contributed by atoms with Crippen LogP contribution in [0.2, 0.25) is 0 Å². The number of nitrogens with one attached hydrogen (secondary N) is 1. The van der Waals surface area contributed by atoms with Crippen molar-refractivity contribution in [1.82, 2.24) is 15.5 Å². The van der Waals surface area contributed by atoms with E-state index in [1.165, 1.54) is 6.42 Å². The molecule has 1 N–H and O–H groups in total. The van der Waals surface area contributed by atoms with E-state index in [4.69, 9.17) is 4.42 Å². The largest absolute Gasteiger partial charge is 0.425 e. The van der Waals surface area contributed by atoms with Crippen LogP contribution in [0.25, 0.3) is 0 Å². The van der Waals surface area contributed by atoms with E-state index in [0.717, 1.165) is 24.7 Å². The van der Waals surface area contributed by atoms with Crippen molar-refractivity contribution < 1.29 is 4.42 Å². The molecule has 1 aliphatic rings. The predicted molar refractivity (Wildman–Crippen MR) is 53.1 cm³/mol. The van der Waals surface area contributed by atoms with Crippen LogP contribution in [0, 0.1) is 5.41 Å². The van der Waals surface area contributed by atoms with Crippen LogP contribution >= 0.6 is 0 Å². The zero-order valence-corrected chi connectivity index (χ0v) is 9.00. The molecule has 4 nitrogen and oxygen atoms in total. The van der Waals surface area contributed by atoms with Gasteiger partial charge in [-0.1, -0.05) is 13.8 Å². The van der Waals surface area contributed by atoms with Crippen LogP contribution < -0.4 is 5.32 Å². The van der Waals surface area contributed by atoms with Crippen LogP contribution in [-0.2, 0) is 6.42 Å². The zero-order valence-electron chi connectivity index (χ0n) is 9.00. The molecule has 1 atom stereocenters. The van der Waals surface area contributed by atoms with E-state index < -0.39 is 0 Å². The van der Waals surface area contributed by atoms with E-state index in [2.05, 4.69) is 29.4 Å². The molecule has 1 fully saturated rings. The molecule has 0 bridgehead atoms. The van der Waals surface area contributed by atoms with Gasteiger partial charge in [0, 0.05) is 18.9 Å². The number of likely N-dealkylation sites (N-methyl/N-ethyl adjacent to an activating group) is 1. The van der Waals surface area contributed by atoms with Crippen molar-refractivity contribution in [2.24, 2.45) is 5.41 Å². The smallest absolute Gasteiger partial charge is 0.220 e.